The summed E-state index contributed by atoms with van der Waals surface area (Å²) < 4.78 is 0. The highest BCUT2D eigenvalue weighted by atomic mass is 15.2. The molecule has 1 saturated heterocycles. The molecule has 1 heterocycles. The Hall–Kier alpha value is -0.0800. The Labute approximate surface area is 95.4 Å². The van der Waals surface area contributed by atoms with Gasteiger partial charge in [0.25, 0.3) is 0 Å². The lowest BCUT2D eigenvalue weighted by molar-refractivity contribution is 0.218. The summed E-state index contributed by atoms with van der Waals surface area (Å²) in [5.74, 6) is 0.957. The largest absolute Gasteiger partial charge is 0.313 e. The van der Waals surface area contributed by atoms with Crippen LogP contribution in [-0.4, -0.2) is 36.6 Å². The van der Waals surface area contributed by atoms with Crippen LogP contribution in [0.1, 0.15) is 47.0 Å². The number of likely N-dealkylation sites (tertiary alicyclic amines) is 1. The highest BCUT2D eigenvalue weighted by Gasteiger charge is 2.25. The molecule has 2 atom stereocenters. The fourth-order valence-corrected chi connectivity index (χ4v) is 2.43. The number of nitrogens with one attached hydrogen (secondary N) is 1. The van der Waals surface area contributed by atoms with Crippen molar-refractivity contribution in [3.05, 3.63) is 0 Å². The molecule has 1 aliphatic rings. The number of hydrogen-bond donors (Lipinski definition) is 1. The molecule has 0 spiro atoms. The summed E-state index contributed by atoms with van der Waals surface area (Å²) >= 11 is 0. The van der Waals surface area contributed by atoms with Crippen molar-refractivity contribution in [3.63, 3.8) is 0 Å². The standard InChI is InChI=1S/C13H28N2/c1-5-12-7-8-15(10-12)13(6-2)9-14-11(3)4/h11-14H,5-10H2,1-4H3. The van der Waals surface area contributed by atoms with Gasteiger partial charge in [-0.15, -0.1) is 0 Å². The van der Waals surface area contributed by atoms with E-state index >= 15 is 0 Å². The van der Waals surface area contributed by atoms with E-state index in [9.17, 15) is 0 Å². The lowest BCUT2D eigenvalue weighted by Crippen LogP contribution is -2.42. The van der Waals surface area contributed by atoms with Crippen LogP contribution in [0.3, 0.4) is 0 Å². The lowest BCUT2D eigenvalue weighted by Gasteiger charge is -2.28. The van der Waals surface area contributed by atoms with Crippen LogP contribution in [0.2, 0.25) is 0 Å². The summed E-state index contributed by atoms with van der Waals surface area (Å²) in [5.41, 5.74) is 0. The molecule has 0 amide bonds. The van der Waals surface area contributed by atoms with Gasteiger partial charge in [-0.2, -0.15) is 0 Å². The first kappa shape index (κ1) is 13.0. The normalized spacial score (nSPS) is 25.0. The molecule has 1 rings (SSSR count). The molecule has 2 unspecified atom stereocenters. The third kappa shape index (κ3) is 4.12. The lowest BCUT2D eigenvalue weighted by atomic mass is 10.1. The molecule has 2 nitrogen and oxygen atoms in total. The first-order valence-electron chi connectivity index (χ1n) is 6.64. The van der Waals surface area contributed by atoms with Gasteiger partial charge in [0.05, 0.1) is 0 Å². The van der Waals surface area contributed by atoms with E-state index in [0.29, 0.717) is 6.04 Å². The SMILES string of the molecule is CCC1CCN(C(CC)CNC(C)C)C1. The fraction of sp³-hybridized carbons (Fsp3) is 1.00. The van der Waals surface area contributed by atoms with E-state index in [2.05, 4.69) is 37.9 Å². The predicted molar refractivity (Wildman–Crippen MR) is 67.2 cm³/mol. The maximum Gasteiger partial charge on any atom is 0.0218 e. The molecule has 1 fully saturated rings. The second-order valence-corrected chi connectivity index (χ2v) is 5.18. The number of rotatable bonds is 6. The van der Waals surface area contributed by atoms with Crippen molar-refractivity contribution in [1.82, 2.24) is 10.2 Å². The zero-order valence-corrected chi connectivity index (χ0v) is 10.9. The molecule has 0 aromatic heterocycles. The molecule has 0 radical (unpaired) electrons. The van der Waals surface area contributed by atoms with E-state index in [4.69, 9.17) is 0 Å². The van der Waals surface area contributed by atoms with Crippen LogP contribution in [0.4, 0.5) is 0 Å². The van der Waals surface area contributed by atoms with Crippen molar-refractivity contribution < 1.29 is 0 Å². The smallest absolute Gasteiger partial charge is 0.0218 e. The zero-order chi connectivity index (χ0) is 11.3. The van der Waals surface area contributed by atoms with E-state index in [1.165, 1.54) is 32.4 Å². The summed E-state index contributed by atoms with van der Waals surface area (Å²) in [6.45, 7) is 12.9. The summed E-state index contributed by atoms with van der Waals surface area (Å²) in [5, 5.41) is 3.56. The molecule has 1 N–H and O–H groups in total. The molecule has 0 aromatic rings. The summed E-state index contributed by atoms with van der Waals surface area (Å²) in [6, 6.07) is 1.37. The molecule has 0 aromatic carbocycles. The van der Waals surface area contributed by atoms with Crippen LogP contribution in [0.15, 0.2) is 0 Å². The minimum atomic E-state index is 0.614. The first-order valence-corrected chi connectivity index (χ1v) is 6.64. The second kappa shape index (κ2) is 6.49. The van der Waals surface area contributed by atoms with Gasteiger partial charge in [0.15, 0.2) is 0 Å². The van der Waals surface area contributed by atoms with Gasteiger partial charge in [-0.25, -0.2) is 0 Å². The van der Waals surface area contributed by atoms with Crippen LogP contribution in [0.25, 0.3) is 0 Å². The summed E-state index contributed by atoms with van der Waals surface area (Å²) in [7, 11) is 0. The predicted octanol–water partition coefficient (Wildman–Crippen LogP) is 2.49. The van der Waals surface area contributed by atoms with Gasteiger partial charge in [0.2, 0.25) is 0 Å². The Morgan fingerprint density at radius 1 is 1.33 bits per heavy atom. The quantitative estimate of drug-likeness (QED) is 0.728. The maximum absolute atomic E-state index is 3.56. The Morgan fingerprint density at radius 2 is 2.07 bits per heavy atom. The minimum absolute atomic E-state index is 0.614. The van der Waals surface area contributed by atoms with Gasteiger partial charge in [-0.1, -0.05) is 34.1 Å². The molecule has 0 bridgehead atoms. The van der Waals surface area contributed by atoms with Crippen LogP contribution in [0.5, 0.6) is 0 Å². The van der Waals surface area contributed by atoms with Crippen molar-refractivity contribution in [2.45, 2.75) is 59.0 Å². The molecule has 0 aliphatic carbocycles. The van der Waals surface area contributed by atoms with E-state index < -0.39 is 0 Å². The van der Waals surface area contributed by atoms with Crippen LogP contribution in [0, 0.1) is 5.92 Å². The molecular weight excluding hydrogens is 184 g/mol. The molecular formula is C13H28N2. The molecule has 1 aliphatic heterocycles. The van der Waals surface area contributed by atoms with Crippen molar-refractivity contribution in [3.8, 4) is 0 Å². The molecule has 15 heavy (non-hydrogen) atoms. The van der Waals surface area contributed by atoms with Gasteiger partial charge >= 0.3 is 0 Å². The monoisotopic (exact) mass is 212 g/mol. The second-order valence-electron chi connectivity index (χ2n) is 5.18. The van der Waals surface area contributed by atoms with Gasteiger partial charge < -0.3 is 5.32 Å². The zero-order valence-electron chi connectivity index (χ0n) is 10.9. The van der Waals surface area contributed by atoms with Gasteiger partial charge in [0.1, 0.15) is 0 Å². The summed E-state index contributed by atoms with van der Waals surface area (Å²) in [6.07, 6.45) is 4.04. The average Bonchev–Trinajstić information content (AvgIpc) is 2.67. The number of hydrogen-bond acceptors (Lipinski definition) is 2. The topological polar surface area (TPSA) is 15.3 Å². The minimum Gasteiger partial charge on any atom is -0.313 e. The van der Waals surface area contributed by atoms with E-state index in [-0.39, 0.29) is 0 Å². The van der Waals surface area contributed by atoms with E-state index in [0.717, 1.165) is 18.5 Å². The van der Waals surface area contributed by atoms with Crippen molar-refractivity contribution in [2.24, 2.45) is 5.92 Å². The highest BCUT2D eigenvalue weighted by Crippen LogP contribution is 2.21. The Balaban J connectivity index is 2.32. The molecule has 2 heteroatoms. The Bertz CT molecular complexity index is 168. The third-order valence-electron chi connectivity index (χ3n) is 3.64. The van der Waals surface area contributed by atoms with Gasteiger partial charge in [0, 0.05) is 25.2 Å². The van der Waals surface area contributed by atoms with Crippen molar-refractivity contribution in [2.75, 3.05) is 19.6 Å². The van der Waals surface area contributed by atoms with E-state index in [1.54, 1.807) is 0 Å². The van der Waals surface area contributed by atoms with Gasteiger partial charge in [-0.05, 0) is 25.3 Å². The summed E-state index contributed by atoms with van der Waals surface area (Å²) in [4.78, 5) is 2.68. The molecule has 90 valence electrons. The van der Waals surface area contributed by atoms with Gasteiger partial charge in [-0.3, -0.25) is 4.90 Å². The fourth-order valence-electron chi connectivity index (χ4n) is 2.43. The Kier molecular flexibility index (Phi) is 5.62. The molecule has 0 saturated carbocycles. The van der Waals surface area contributed by atoms with Crippen LogP contribution in [-0.2, 0) is 0 Å². The van der Waals surface area contributed by atoms with Crippen molar-refractivity contribution in [1.29, 1.82) is 0 Å². The van der Waals surface area contributed by atoms with E-state index in [1.807, 2.05) is 0 Å². The first-order chi connectivity index (χ1) is 7.17. The van der Waals surface area contributed by atoms with Crippen LogP contribution >= 0.6 is 0 Å². The number of nitrogens with zero attached hydrogens (tertiary/aromatic N) is 1. The third-order valence-corrected chi connectivity index (χ3v) is 3.64. The Morgan fingerprint density at radius 3 is 2.53 bits per heavy atom. The van der Waals surface area contributed by atoms with Crippen molar-refractivity contribution >= 4 is 0 Å². The van der Waals surface area contributed by atoms with Crippen LogP contribution < -0.4 is 5.32 Å². The average molecular weight is 212 g/mol. The maximum atomic E-state index is 3.56. The highest BCUT2D eigenvalue weighted by molar-refractivity contribution is 4.81.